The molecular weight excluding hydrogens is 228 g/mol. The van der Waals surface area contributed by atoms with Crippen molar-refractivity contribution in [3.63, 3.8) is 0 Å². The van der Waals surface area contributed by atoms with Crippen LogP contribution in [0.15, 0.2) is 0 Å². The van der Waals surface area contributed by atoms with Gasteiger partial charge in [-0.05, 0) is 32.6 Å². The van der Waals surface area contributed by atoms with E-state index in [0.717, 1.165) is 44.9 Å². The first kappa shape index (κ1) is 12.3. The van der Waals surface area contributed by atoms with Crippen molar-refractivity contribution in [1.82, 2.24) is 9.80 Å². The number of nitrogens with zero attached hydrogens (tertiary/aromatic N) is 2. The minimum Gasteiger partial charge on any atom is -0.441 e. The van der Waals surface area contributed by atoms with Crippen LogP contribution in [0.4, 0.5) is 4.79 Å². The van der Waals surface area contributed by atoms with Crippen LogP contribution in [0.25, 0.3) is 0 Å². The Bertz CT molecular complexity index is 331. The van der Waals surface area contributed by atoms with Crippen molar-refractivity contribution < 1.29 is 9.53 Å². The molecule has 0 aromatic carbocycles. The maximum atomic E-state index is 11.9. The Kier molecular flexibility index (Phi) is 3.00. The van der Waals surface area contributed by atoms with E-state index in [1.165, 1.54) is 12.8 Å². The van der Waals surface area contributed by atoms with Crippen molar-refractivity contribution in [2.24, 2.45) is 5.92 Å². The standard InChI is InChI=1S/C14H24N2O2/c1-11(2)15-7-5-14(6-8-15)10-16(13(17)18-14)9-12-3-4-12/h11-12H,3-10H2,1-2H3. The van der Waals surface area contributed by atoms with E-state index in [1.807, 2.05) is 4.90 Å². The molecule has 0 bridgehead atoms. The first-order valence-electron chi connectivity index (χ1n) is 7.30. The number of carbonyl (C=O) groups is 1. The van der Waals surface area contributed by atoms with Gasteiger partial charge in [0.05, 0.1) is 6.54 Å². The molecule has 0 radical (unpaired) electrons. The summed E-state index contributed by atoms with van der Waals surface area (Å²) in [6, 6.07) is 0.599. The molecule has 4 nitrogen and oxygen atoms in total. The molecular formula is C14H24N2O2. The van der Waals surface area contributed by atoms with E-state index >= 15 is 0 Å². The van der Waals surface area contributed by atoms with Crippen LogP contribution in [0.1, 0.15) is 39.5 Å². The third-order valence-electron chi connectivity index (χ3n) is 4.66. The molecule has 2 heterocycles. The summed E-state index contributed by atoms with van der Waals surface area (Å²) >= 11 is 0. The van der Waals surface area contributed by atoms with E-state index < -0.39 is 0 Å². The second-order valence-electron chi connectivity index (χ2n) is 6.50. The smallest absolute Gasteiger partial charge is 0.410 e. The van der Waals surface area contributed by atoms with Crippen LogP contribution in [0, 0.1) is 5.92 Å². The minimum absolute atomic E-state index is 0.0695. The average Bonchev–Trinajstić information content (AvgIpc) is 3.07. The molecule has 0 aromatic heterocycles. The molecule has 102 valence electrons. The van der Waals surface area contributed by atoms with Crippen LogP contribution >= 0.6 is 0 Å². The lowest BCUT2D eigenvalue weighted by atomic mass is 9.90. The molecule has 3 fully saturated rings. The number of rotatable bonds is 3. The summed E-state index contributed by atoms with van der Waals surface area (Å²) in [7, 11) is 0. The van der Waals surface area contributed by atoms with Gasteiger partial charge in [-0.25, -0.2) is 4.79 Å². The Morgan fingerprint density at radius 3 is 2.56 bits per heavy atom. The van der Waals surface area contributed by atoms with E-state index in [0.29, 0.717) is 6.04 Å². The molecule has 0 N–H and O–H groups in total. The summed E-state index contributed by atoms with van der Waals surface area (Å²) < 4.78 is 5.72. The van der Waals surface area contributed by atoms with E-state index in [1.54, 1.807) is 0 Å². The van der Waals surface area contributed by atoms with Gasteiger partial charge in [0, 0.05) is 38.5 Å². The summed E-state index contributed by atoms with van der Waals surface area (Å²) in [4.78, 5) is 16.3. The van der Waals surface area contributed by atoms with Crippen LogP contribution in [-0.2, 0) is 4.74 Å². The number of amides is 1. The highest BCUT2D eigenvalue weighted by Gasteiger charge is 2.47. The number of likely N-dealkylation sites (tertiary alicyclic amines) is 1. The summed E-state index contributed by atoms with van der Waals surface area (Å²) in [6.07, 6.45) is 4.51. The normalized spacial score (nSPS) is 28.2. The van der Waals surface area contributed by atoms with E-state index in [-0.39, 0.29) is 11.7 Å². The van der Waals surface area contributed by atoms with Crippen molar-refractivity contribution in [2.45, 2.75) is 51.2 Å². The Labute approximate surface area is 109 Å². The lowest BCUT2D eigenvalue weighted by molar-refractivity contribution is -0.00636. The van der Waals surface area contributed by atoms with E-state index in [9.17, 15) is 4.79 Å². The van der Waals surface area contributed by atoms with Gasteiger partial charge >= 0.3 is 6.09 Å². The molecule has 3 aliphatic rings. The fourth-order valence-corrected chi connectivity index (χ4v) is 3.15. The summed E-state index contributed by atoms with van der Waals surface area (Å²) in [5, 5.41) is 0. The predicted molar refractivity (Wildman–Crippen MR) is 69.5 cm³/mol. The highest BCUT2D eigenvalue weighted by Crippen LogP contribution is 2.37. The number of piperidine rings is 1. The first-order valence-corrected chi connectivity index (χ1v) is 7.30. The Hall–Kier alpha value is -0.770. The zero-order valence-electron chi connectivity index (χ0n) is 11.5. The molecule has 0 atom stereocenters. The average molecular weight is 252 g/mol. The molecule has 1 spiro atoms. The lowest BCUT2D eigenvalue weighted by Crippen LogP contribution is -2.48. The van der Waals surface area contributed by atoms with Gasteiger partial charge in [-0.2, -0.15) is 0 Å². The zero-order valence-corrected chi connectivity index (χ0v) is 11.5. The Balaban J connectivity index is 1.58. The van der Waals surface area contributed by atoms with Gasteiger partial charge in [-0.1, -0.05) is 0 Å². The lowest BCUT2D eigenvalue weighted by Gasteiger charge is -2.39. The molecule has 2 aliphatic heterocycles. The van der Waals surface area contributed by atoms with Gasteiger partial charge in [-0.15, -0.1) is 0 Å². The van der Waals surface area contributed by atoms with Gasteiger partial charge in [0.1, 0.15) is 5.60 Å². The molecule has 2 saturated heterocycles. The predicted octanol–water partition coefficient (Wildman–Crippen LogP) is 2.09. The molecule has 1 aliphatic carbocycles. The zero-order chi connectivity index (χ0) is 12.8. The number of ether oxygens (including phenoxy) is 1. The maximum absolute atomic E-state index is 11.9. The highest BCUT2D eigenvalue weighted by atomic mass is 16.6. The molecule has 1 amide bonds. The van der Waals surface area contributed by atoms with E-state index in [4.69, 9.17) is 4.74 Å². The van der Waals surface area contributed by atoms with Crippen LogP contribution in [-0.4, -0.2) is 53.7 Å². The third-order valence-corrected chi connectivity index (χ3v) is 4.66. The molecule has 3 rings (SSSR count). The van der Waals surface area contributed by atoms with Crippen molar-refractivity contribution in [1.29, 1.82) is 0 Å². The van der Waals surface area contributed by atoms with Gasteiger partial charge in [-0.3, -0.25) is 0 Å². The Morgan fingerprint density at radius 1 is 1.33 bits per heavy atom. The van der Waals surface area contributed by atoms with E-state index in [2.05, 4.69) is 18.7 Å². The van der Waals surface area contributed by atoms with Crippen LogP contribution in [0.3, 0.4) is 0 Å². The molecule has 4 heteroatoms. The van der Waals surface area contributed by atoms with Crippen LogP contribution < -0.4 is 0 Å². The quantitative estimate of drug-likeness (QED) is 0.771. The van der Waals surface area contributed by atoms with Gasteiger partial charge in [0.25, 0.3) is 0 Å². The van der Waals surface area contributed by atoms with Crippen molar-refractivity contribution in [3.05, 3.63) is 0 Å². The second kappa shape index (κ2) is 4.41. The minimum atomic E-state index is -0.169. The summed E-state index contributed by atoms with van der Waals surface area (Å²) in [6.45, 7) is 8.34. The molecule has 0 unspecified atom stereocenters. The van der Waals surface area contributed by atoms with Crippen molar-refractivity contribution in [3.8, 4) is 0 Å². The molecule has 0 aromatic rings. The maximum Gasteiger partial charge on any atom is 0.410 e. The van der Waals surface area contributed by atoms with Crippen LogP contribution in [0.5, 0.6) is 0 Å². The third kappa shape index (κ3) is 2.35. The Morgan fingerprint density at radius 2 is 2.00 bits per heavy atom. The number of carbonyl (C=O) groups excluding carboxylic acids is 1. The molecule has 18 heavy (non-hydrogen) atoms. The highest BCUT2D eigenvalue weighted by molar-refractivity contribution is 5.70. The van der Waals surface area contributed by atoms with Gasteiger partial charge in [0.2, 0.25) is 0 Å². The summed E-state index contributed by atoms with van der Waals surface area (Å²) in [5.41, 5.74) is -0.169. The van der Waals surface area contributed by atoms with Crippen LogP contribution in [0.2, 0.25) is 0 Å². The largest absolute Gasteiger partial charge is 0.441 e. The topological polar surface area (TPSA) is 32.8 Å². The van der Waals surface area contributed by atoms with Gasteiger partial charge < -0.3 is 14.5 Å². The first-order chi connectivity index (χ1) is 8.58. The number of hydrogen-bond acceptors (Lipinski definition) is 3. The van der Waals surface area contributed by atoms with Crippen molar-refractivity contribution in [2.75, 3.05) is 26.2 Å². The SMILES string of the molecule is CC(C)N1CCC2(CC1)CN(CC1CC1)C(=O)O2. The molecule has 1 saturated carbocycles. The van der Waals surface area contributed by atoms with Crippen molar-refractivity contribution >= 4 is 6.09 Å². The fourth-order valence-electron chi connectivity index (χ4n) is 3.15. The second-order valence-corrected chi connectivity index (χ2v) is 6.50. The monoisotopic (exact) mass is 252 g/mol. The van der Waals surface area contributed by atoms with Gasteiger partial charge in [0.15, 0.2) is 0 Å². The number of hydrogen-bond donors (Lipinski definition) is 0. The fraction of sp³-hybridized carbons (Fsp3) is 0.929. The summed E-state index contributed by atoms with van der Waals surface area (Å²) in [5.74, 6) is 0.753.